The minimum atomic E-state index is -0.809. The van der Waals surface area contributed by atoms with Gasteiger partial charge in [-0.2, -0.15) is 0 Å². The summed E-state index contributed by atoms with van der Waals surface area (Å²) < 4.78 is 0. The summed E-state index contributed by atoms with van der Waals surface area (Å²) in [6.07, 6.45) is 5.67. The van der Waals surface area contributed by atoms with E-state index in [4.69, 9.17) is 5.11 Å². The number of nitrogens with zero attached hydrogens (tertiary/aromatic N) is 1. The number of likely N-dealkylation sites (N-methyl/N-ethyl adjacent to an activating group) is 1. The first-order valence-corrected chi connectivity index (χ1v) is 7.39. The molecule has 2 amide bonds. The van der Waals surface area contributed by atoms with Gasteiger partial charge in [0.25, 0.3) is 0 Å². The standard InChI is InChI=1S/C14H25N3O3/c1-17(2)14(7-4-8-14)9-15-13(20)16-11-6-3-5-10(11)12(18)19/h10-11H,3-9H2,1-2H3,(H,18,19)(H2,15,16,20). The van der Waals surface area contributed by atoms with Crippen molar-refractivity contribution in [2.75, 3.05) is 20.6 Å². The molecule has 2 rings (SSSR count). The van der Waals surface area contributed by atoms with Crippen molar-refractivity contribution in [3.63, 3.8) is 0 Å². The minimum absolute atomic E-state index is 0.0826. The van der Waals surface area contributed by atoms with Crippen molar-refractivity contribution in [2.24, 2.45) is 5.92 Å². The van der Waals surface area contributed by atoms with Crippen LogP contribution in [0.1, 0.15) is 38.5 Å². The van der Waals surface area contributed by atoms with E-state index in [0.717, 1.165) is 25.7 Å². The molecule has 0 radical (unpaired) electrons. The predicted molar refractivity (Wildman–Crippen MR) is 75.6 cm³/mol. The van der Waals surface area contributed by atoms with Crippen LogP contribution < -0.4 is 10.6 Å². The van der Waals surface area contributed by atoms with Crippen LogP contribution in [0.4, 0.5) is 4.79 Å². The maximum absolute atomic E-state index is 11.9. The number of carboxylic acid groups (broad SMARTS) is 1. The number of hydrogen-bond acceptors (Lipinski definition) is 3. The molecular formula is C14H25N3O3. The molecule has 2 atom stereocenters. The number of aliphatic carboxylic acids is 1. The van der Waals surface area contributed by atoms with Crippen LogP contribution >= 0.6 is 0 Å². The van der Waals surface area contributed by atoms with E-state index in [0.29, 0.717) is 13.0 Å². The number of amides is 2. The molecule has 0 heterocycles. The quantitative estimate of drug-likeness (QED) is 0.703. The molecule has 0 spiro atoms. The van der Waals surface area contributed by atoms with Crippen LogP contribution in [0.3, 0.4) is 0 Å². The highest BCUT2D eigenvalue weighted by molar-refractivity contribution is 5.77. The molecule has 3 N–H and O–H groups in total. The van der Waals surface area contributed by atoms with Gasteiger partial charge in [-0.25, -0.2) is 4.79 Å². The number of hydrogen-bond donors (Lipinski definition) is 3. The third-order valence-electron chi connectivity index (χ3n) is 4.96. The molecule has 0 aliphatic heterocycles. The van der Waals surface area contributed by atoms with Gasteiger partial charge in [0.15, 0.2) is 0 Å². The lowest BCUT2D eigenvalue weighted by Crippen LogP contribution is -2.59. The van der Waals surface area contributed by atoms with Gasteiger partial charge in [-0.3, -0.25) is 4.79 Å². The van der Waals surface area contributed by atoms with Crippen molar-refractivity contribution in [3.05, 3.63) is 0 Å². The lowest BCUT2D eigenvalue weighted by molar-refractivity contribution is -0.142. The zero-order valence-electron chi connectivity index (χ0n) is 12.3. The Morgan fingerprint density at radius 3 is 2.45 bits per heavy atom. The van der Waals surface area contributed by atoms with E-state index in [2.05, 4.69) is 15.5 Å². The first-order chi connectivity index (χ1) is 9.44. The fraction of sp³-hybridized carbons (Fsp3) is 0.857. The zero-order chi connectivity index (χ0) is 14.8. The van der Waals surface area contributed by atoms with E-state index in [9.17, 15) is 9.59 Å². The van der Waals surface area contributed by atoms with Gasteiger partial charge in [-0.05, 0) is 46.2 Å². The first-order valence-electron chi connectivity index (χ1n) is 7.39. The Bertz CT molecular complexity index is 380. The number of carbonyl (C=O) groups excluding carboxylic acids is 1. The van der Waals surface area contributed by atoms with Gasteiger partial charge < -0.3 is 20.6 Å². The van der Waals surface area contributed by atoms with Gasteiger partial charge in [0.1, 0.15) is 0 Å². The normalized spacial score (nSPS) is 27.9. The van der Waals surface area contributed by atoms with Gasteiger partial charge in [0.05, 0.1) is 5.92 Å². The summed E-state index contributed by atoms with van der Waals surface area (Å²) in [5.41, 5.74) is 0.0826. The Labute approximate surface area is 119 Å². The molecule has 20 heavy (non-hydrogen) atoms. The van der Waals surface area contributed by atoms with Crippen molar-refractivity contribution in [1.29, 1.82) is 0 Å². The van der Waals surface area contributed by atoms with E-state index in [1.807, 2.05) is 14.1 Å². The molecule has 2 unspecified atom stereocenters. The molecular weight excluding hydrogens is 258 g/mol. The minimum Gasteiger partial charge on any atom is -0.481 e. The van der Waals surface area contributed by atoms with Crippen molar-refractivity contribution in [2.45, 2.75) is 50.1 Å². The van der Waals surface area contributed by atoms with E-state index in [1.165, 1.54) is 6.42 Å². The predicted octanol–water partition coefficient (Wildman–Crippen LogP) is 1.02. The second-order valence-corrected chi connectivity index (χ2v) is 6.28. The molecule has 0 aromatic carbocycles. The van der Waals surface area contributed by atoms with Crippen LogP contribution in [-0.2, 0) is 4.79 Å². The highest BCUT2D eigenvalue weighted by Gasteiger charge is 2.39. The average Bonchev–Trinajstić information content (AvgIpc) is 2.75. The summed E-state index contributed by atoms with van der Waals surface area (Å²) in [5, 5.41) is 14.8. The van der Waals surface area contributed by atoms with Crippen molar-refractivity contribution < 1.29 is 14.7 Å². The molecule has 2 saturated carbocycles. The maximum Gasteiger partial charge on any atom is 0.315 e. The Kier molecular flexibility index (Phi) is 4.52. The Balaban J connectivity index is 1.79. The fourth-order valence-electron chi connectivity index (χ4n) is 3.26. The van der Waals surface area contributed by atoms with Crippen molar-refractivity contribution in [1.82, 2.24) is 15.5 Å². The van der Waals surface area contributed by atoms with Gasteiger partial charge >= 0.3 is 12.0 Å². The molecule has 6 nitrogen and oxygen atoms in total. The van der Waals surface area contributed by atoms with E-state index >= 15 is 0 Å². The molecule has 2 aliphatic carbocycles. The van der Waals surface area contributed by atoms with Crippen LogP contribution in [0.25, 0.3) is 0 Å². The summed E-state index contributed by atoms with van der Waals surface area (Å²) >= 11 is 0. The van der Waals surface area contributed by atoms with Crippen LogP contribution in [0.5, 0.6) is 0 Å². The molecule has 114 valence electrons. The highest BCUT2D eigenvalue weighted by atomic mass is 16.4. The van der Waals surface area contributed by atoms with Gasteiger partial charge in [0.2, 0.25) is 0 Å². The number of urea groups is 1. The van der Waals surface area contributed by atoms with Gasteiger partial charge in [-0.1, -0.05) is 6.42 Å². The summed E-state index contributed by atoms with van der Waals surface area (Å²) in [4.78, 5) is 25.2. The van der Waals surface area contributed by atoms with E-state index in [1.54, 1.807) is 0 Å². The van der Waals surface area contributed by atoms with Crippen molar-refractivity contribution in [3.8, 4) is 0 Å². The number of carboxylic acids is 1. The van der Waals surface area contributed by atoms with Crippen LogP contribution in [0.15, 0.2) is 0 Å². The smallest absolute Gasteiger partial charge is 0.315 e. The maximum atomic E-state index is 11.9. The fourth-order valence-corrected chi connectivity index (χ4v) is 3.26. The third-order valence-corrected chi connectivity index (χ3v) is 4.96. The Morgan fingerprint density at radius 2 is 1.95 bits per heavy atom. The summed E-state index contributed by atoms with van der Waals surface area (Å²) in [5.74, 6) is -1.25. The lowest BCUT2D eigenvalue weighted by atomic mass is 9.75. The second kappa shape index (κ2) is 5.99. The van der Waals surface area contributed by atoms with Gasteiger partial charge in [0, 0.05) is 18.1 Å². The lowest BCUT2D eigenvalue weighted by Gasteiger charge is -2.47. The number of carbonyl (C=O) groups is 2. The second-order valence-electron chi connectivity index (χ2n) is 6.28. The SMILES string of the molecule is CN(C)C1(CNC(=O)NC2CCCC2C(=O)O)CCC1. The summed E-state index contributed by atoms with van der Waals surface area (Å²) in [6, 6.07) is -0.472. The monoisotopic (exact) mass is 283 g/mol. The van der Waals surface area contributed by atoms with Crippen molar-refractivity contribution >= 4 is 12.0 Å². The molecule has 6 heteroatoms. The Hall–Kier alpha value is -1.30. The third kappa shape index (κ3) is 3.06. The topological polar surface area (TPSA) is 81.7 Å². The molecule has 0 saturated heterocycles. The zero-order valence-corrected chi connectivity index (χ0v) is 12.3. The summed E-state index contributed by atoms with van der Waals surface area (Å²) in [6.45, 7) is 0.621. The Morgan fingerprint density at radius 1 is 1.25 bits per heavy atom. The van der Waals surface area contributed by atoms with Gasteiger partial charge in [-0.15, -0.1) is 0 Å². The molecule has 0 bridgehead atoms. The van der Waals surface area contributed by atoms with Crippen LogP contribution in [0, 0.1) is 5.92 Å². The van der Waals surface area contributed by atoms with E-state index in [-0.39, 0.29) is 17.6 Å². The largest absolute Gasteiger partial charge is 0.481 e. The number of nitrogens with one attached hydrogen (secondary N) is 2. The van der Waals surface area contributed by atoms with E-state index < -0.39 is 11.9 Å². The first kappa shape index (κ1) is 15.1. The average molecular weight is 283 g/mol. The molecule has 0 aromatic rings. The molecule has 0 aromatic heterocycles. The highest BCUT2D eigenvalue weighted by Crippen LogP contribution is 2.35. The molecule has 2 aliphatic rings. The van der Waals surface area contributed by atoms with Crippen LogP contribution in [-0.4, -0.2) is 54.2 Å². The molecule has 2 fully saturated rings. The summed E-state index contributed by atoms with van der Waals surface area (Å²) in [7, 11) is 4.08. The van der Waals surface area contributed by atoms with Crippen LogP contribution in [0.2, 0.25) is 0 Å². The number of rotatable bonds is 5.